The van der Waals surface area contributed by atoms with Crippen molar-refractivity contribution >= 4 is 34.2 Å². The Bertz CT molecular complexity index is 1490. The zero-order chi connectivity index (χ0) is 25.8. The summed E-state index contributed by atoms with van der Waals surface area (Å²) in [5.74, 6) is 0.158. The van der Waals surface area contributed by atoms with Crippen LogP contribution in [0.3, 0.4) is 0 Å². The van der Waals surface area contributed by atoms with Gasteiger partial charge in [-0.25, -0.2) is 4.98 Å². The van der Waals surface area contributed by atoms with Gasteiger partial charge in [0.1, 0.15) is 5.82 Å². The topological polar surface area (TPSA) is 105 Å². The fourth-order valence-corrected chi connectivity index (χ4v) is 4.77. The second-order valence-electron chi connectivity index (χ2n) is 9.20. The SMILES string of the molecule is Cn1ccc2cccc(CNc3cc(NC4=C=CC/C=C(/N5CCCCC5=O)C=C4)ncc3C(N)=O)c21. The van der Waals surface area contributed by atoms with Gasteiger partial charge in [-0.1, -0.05) is 30.0 Å². The molecule has 8 nitrogen and oxygen atoms in total. The van der Waals surface area contributed by atoms with Gasteiger partial charge in [0.2, 0.25) is 5.91 Å². The number of nitrogens with two attached hydrogens (primary N) is 1. The molecule has 1 aromatic carbocycles. The molecule has 188 valence electrons. The molecule has 0 radical (unpaired) electrons. The van der Waals surface area contributed by atoms with E-state index in [2.05, 4.69) is 44.1 Å². The molecule has 1 aliphatic carbocycles. The number of allylic oxidation sites excluding steroid dienone is 3. The van der Waals surface area contributed by atoms with Gasteiger partial charge in [0, 0.05) is 50.7 Å². The Labute approximate surface area is 215 Å². The molecular formula is C29H30N6O2. The molecule has 0 spiro atoms. The van der Waals surface area contributed by atoms with Crippen molar-refractivity contribution in [2.24, 2.45) is 12.8 Å². The molecule has 0 bridgehead atoms. The van der Waals surface area contributed by atoms with E-state index in [0.29, 0.717) is 42.2 Å². The lowest BCUT2D eigenvalue weighted by molar-refractivity contribution is -0.130. The van der Waals surface area contributed by atoms with E-state index in [-0.39, 0.29) is 5.91 Å². The Kier molecular flexibility index (Phi) is 6.92. The number of hydrogen-bond donors (Lipinski definition) is 3. The summed E-state index contributed by atoms with van der Waals surface area (Å²) >= 11 is 0. The Hall–Kier alpha value is -4.55. The summed E-state index contributed by atoms with van der Waals surface area (Å²) in [5, 5.41) is 7.80. The fraction of sp³-hybridized carbons (Fsp3) is 0.241. The first-order valence-corrected chi connectivity index (χ1v) is 12.5. The molecule has 0 saturated carbocycles. The third kappa shape index (κ3) is 5.34. The number of anilines is 2. The van der Waals surface area contributed by atoms with E-state index in [4.69, 9.17) is 5.73 Å². The molecule has 2 amide bonds. The number of nitrogens with one attached hydrogen (secondary N) is 2. The number of aryl methyl sites for hydroxylation is 1. The number of carbonyl (C=O) groups is 2. The molecule has 2 aliphatic rings. The molecule has 4 N–H and O–H groups in total. The number of carbonyl (C=O) groups excluding carboxylic acids is 2. The van der Waals surface area contributed by atoms with Crippen molar-refractivity contribution in [1.82, 2.24) is 14.5 Å². The van der Waals surface area contributed by atoms with E-state index in [1.807, 2.05) is 48.5 Å². The first kappa shape index (κ1) is 24.2. The summed E-state index contributed by atoms with van der Waals surface area (Å²) in [5.41, 5.74) is 13.6. The minimum Gasteiger partial charge on any atom is -0.380 e. The van der Waals surface area contributed by atoms with Gasteiger partial charge in [-0.15, -0.1) is 0 Å². The molecule has 3 aromatic rings. The average Bonchev–Trinajstić information content (AvgIpc) is 3.26. The van der Waals surface area contributed by atoms with Crippen molar-refractivity contribution in [1.29, 1.82) is 0 Å². The molecular weight excluding hydrogens is 464 g/mol. The van der Waals surface area contributed by atoms with Gasteiger partial charge in [0.25, 0.3) is 5.91 Å². The van der Waals surface area contributed by atoms with Gasteiger partial charge >= 0.3 is 0 Å². The maximum atomic E-state index is 12.4. The number of benzene rings is 1. The Balaban J connectivity index is 1.35. The number of para-hydroxylation sites is 1. The number of rotatable bonds is 7. The van der Waals surface area contributed by atoms with Crippen molar-refractivity contribution in [2.75, 3.05) is 17.2 Å². The number of hydrogen-bond acceptors (Lipinski definition) is 5. The van der Waals surface area contributed by atoms with Gasteiger partial charge < -0.3 is 25.8 Å². The molecule has 5 rings (SSSR count). The predicted molar refractivity (Wildman–Crippen MR) is 146 cm³/mol. The Morgan fingerprint density at radius 3 is 2.95 bits per heavy atom. The lowest BCUT2D eigenvalue weighted by Crippen LogP contribution is -2.34. The van der Waals surface area contributed by atoms with Crippen LogP contribution < -0.4 is 16.4 Å². The molecule has 1 saturated heterocycles. The molecule has 2 aromatic heterocycles. The molecule has 0 atom stereocenters. The van der Waals surface area contributed by atoms with Gasteiger partial charge in [-0.2, -0.15) is 0 Å². The minimum absolute atomic E-state index is 0.163. The van der Waals surface area contributed by atoms with Crippen LogP contribution in [0.1, 0.15) is 41.6 Å². The van der Waals surface area contributed by atoms with Crippen LogP contribution in [0.15, 0.2) is 84.2 Å². The summed E-state index contributed by atoms with van der Waals surface area (Å²) in [6.45, 7) is 1.26. The monoisotopic (exact) mass is 494 g/mol. The lowest BCUT2D eigenvalue weighted by atomic mass is 10.1. The number of piperidine rings is 1. The van der Waals surface area contributed by atoms with E-state index in [9.17, 15) is 9.59 Å². The summed E-state index contributed by atoms with van der Waals surface area (Å²) in [7, 11) is 2.01. The van der Waals surface area contributed by atoms with Gasteiger partial charge in [0.15, 0.2) is 0 Å². The van der Waals surface area contributed by atoms with Crippen LogP contribution in [0.25, 0.3) is 10.9 Å². The van der Waals surface area contributed by atoms with E-state index >= 15 is 0 Å². The van der Waals surface area contributed by atoms with Crippen LogP contribution in [0.5, 0.6) is 0 Å². The smallest absolute Gasteiger partial charge is 0.252 e. The van der Waals surface area contributed by atoms with E-state index in [0.717, 1.165) is 41.5 Å². The fourth-order valence-electron chi connectivity index (χ4n) is 4.77. The normalized spacial score (nSPS) is 17.1. The summed E-state index contributed by atoms with van der Waals surface area (Å²) in [6.07, 6.45) is 14.5. The van der Waals surface area contributed by atoms with E-state index in [1.54, 1.807) is 6.07 Å². The third-order valence-corrected chi connectivity index (χ3v) is 6.64. The number of primary amides is 1. The van der Waals surface area contributed by atoms with Crippen molar-refractivity contribution in [3.8, 4) is 0 Å². The maximum Gasteiger partial charge on any atom is 0.252 e. The number of likely N-dealkylation sites (tertiary alicyclic amines) is 1. The maximum absolute atomic E-state index is 12.4. The van der Waals surface area contributed by atoms with Crippen LogP contribution in [0.2, 0.25) is 0 Å². The van der Waals surface area contributed by atoms with Crippen LogP contribution >= 0.6 is 0 Å². The Morgan fingerprint density at radius 1 is 1.22 bits per heavy atom. The minimum atomic E-state index is -0.551. The van der Waals surface area contributed by atoms with Gasteiger partial charge in [-0.3, -0.25) is 9.59 Å². The highest BCUT2D eigenvalue weighted by Crippen LogP contribution is 2.24. The van der Waals surface area contributed by atoms with Crippen molar-refractivity contribution in [2.45, 2.75) is 32.2 Å². The second-order valence-corrected chi connectivity index (χ2v) is 9.20. The number of amides is 2. The van der Waals surface area contributed by atoms with Crippen LogP contribution in [0, 0.1) is 0 Å². The van der Waals surface area contributed by atoms with Crippen LogP contribution in [-0.4, -0.2) is 32.8 Å². The van der Waals surface area contributed by atoms with Crippen LogP contribution in [-0.2, 0) is 18.4 Å². The highest BCUT2D eigenvalue weighted by molar-refractivity contribution is 5.98. The molecule has 1 aliphatic heterocycles. The Morgan fingerprint density at radius 2 is 2.11 bits per heavy atom. The predicted octanol–water partition coefficient (Wildman–Crippen LogP) is 4.59. The zero-order valence-electron chi connectivity index (χ0n) is 20.8. The van der Waals surface area contributed by atoms with Gasteiger partial charge in [-0.05, 0) is 54.5 Å². The first-order chi connectivity index (χ1) is 18.0. The number of nitrogens with zero attached hydrogens (tertiary/aromatic N) is 3. The summed E-state index contributed by atoms with van der Waals surface area (Å²) in [6, 6.07) is 10.0. The summed E-state index contributed by atoms with van der Waals surface area (Å²) < 4.78 is 2.08. The summed E-state index contributed by atoms with van der Waals surface area (Å²) in [4.78, 5) is 30.7. The standard InChI is InChI=1S/C29H30N6O2/c1-34-16-14-20-7-6-8-21(28(20)34)18-31-25-17-26(32-19-24(25)29(30)37)33-22-9-2-3-10-23(13-12-22)35-15-5-4-11-27(35)36/h2,6-8,10,12-14,16-17,19H,3-5,11,15,18H2,1H3,(H2,30,37)(H2,31,32,33)/b13-12?,23-10+. The highest BCUT2D eigenvalue weighted by atomic mass is 16.2. The first-order valence-electron chi connectivity index (χ1n) is 12.5. The molecule has 0 unspecified atom stereocenters. The van der Waals surface area contributed by atoms with Crippen molar-refractivity contribution in [3.63, 3.8) is 0 Å². The third-order valence-electron chi connectivity index (χ3n) is 6.64. The average molecular weight is 495 g/mol. The van der Waals surface area contributed by atoms with Crippen molar-refractivity contribution < 1.29 is 9.59 Å². The number of pyridine rings is 1. The second kappa shape index (κ2) is 10.6. The molecule has 8 heteroatoms. The number of fused-ring (bicyclic) bond motifs is 1. The van der Waals surface area contributed by atoms with Crippen LogP contribution in [0.4, 0.5) is 11.5 Å². The van der Waals surface area contributed by atoms with Gasteiger partial charge in [0.05, 0.1) is 22.5 Å². The van der Waals surface area contributed by atoms with Crippen molar-refractivity contribution in [3.05, 3.63) is 95.3 Å². The quantitative estimate of drug-likeness (QED) is 0.417. The number of aromatic nitrogens is 2. The lowest BCUT2D eigenvalue weighted by Gasteiger charge is -2.28. The van der Waals surface area contributed by atoms with E-state index < -0.39 is 5.91 Å². The van der Waals surface area contributed by atoms with E-state index in [1.165, 1.54) is 6.20 Å². The molecule has 1 fully saturated rings. The largest absolute Gasteiger partial charge is 0.380 e. The molecule has 37 heavy (non-hydrogen) atoms. The zero-order valence-corrected chi connectivity index (χ0v) is 20.8. The highest BCUT2D eigenvalue weighted by Gasteiger charge is 2.20. The molecule has 3 heterocycles.